The van der Waals surface area contributed by atoms with Gasteiger partial charge in [0.2, 0.25) is 0 Å². The molecular weight excluding hydrogens is 220 g/mol. The molecule has 0 spiro atoms. The van der Waals surface area contributed by atoms with Gasteiger partial charge in [0, 0.05) is 30.0 Å². The van der Waals surface area contributed by atoms with Crippen LogP contribution in [0.5, 0.6) is 0 Å². The van der Waals surface area contributed by atoms with E-state index in [0.717, 1.165) is 13.0 Å². The second-order valence-electron chi connectivity index (χ2n) is 3.90. The standard InChI is InChI=1S/C12H22N2OS/c1-4-10-5-6-12(16-10)11(7-13)14-8-9(2)15-3/h5-6,9,11,14H,4,7-8,13H2,1-3H3. The third-order valence-corrected chi connectivity index (χ3v) is 4.01. The number of ether oxygens (including phenoxy) is 1. The summed E-state index contributed by atoms with van der Waals surface area (Å²) in [6, 6.07) is 4.61. The molecule has 2 atom stereocenters. The van der Waals surface area contributed by atoms with Gasteiger partial charge in [-0.3, -0.25) is 0 Å². The van der Waals surface area contributed by atoms with Gasteiger partial charge < -0.3 is 15.8 Å². The van der Waals surface area contributed by atoms with E-state index in [9.17, 15) is 0 Å². The molecule has 0 saturated carbocycles. The second kappa shape index (κ2) is 7.01. The van der Waals surface area contributed by atoms with Gasteiger partial charge in [0.15, 0.2) is 0 Å². The number of methoxy groups -OCH3 is 1. The molecular formula is C12H22N2OS. The number of thiophene rings is 1. The van der Waals surface area contributed by atoms with Gasteiger partial charge in [-0.1, -0.05) is 6.92 Å². The molecule has 4 heteroatoms. The van der Waals surface area contributed by atoms with Crippen LogP contribution in [-0.4, -0.2) is 26.3 Å². The smallest absolute Gasteiger partial charge is 0.0667 e. The molecule has 3 nitrogen and oxygen atoms in total. The van der Waals surface area contributed by atoms with E-state index < -0.39 is 0 Å². The molecule has 1 rings (SSSR count). The maximum atomic E-state index is 5.79. The quantitative estimate of drug-likeness (QED) is 0.768. The fourth-order valence-electron chi connectivity index (χ4n) is 1.46. The van der Waals surface area contributed by atoms with Gasteiger partial charge in [-0.15, -0.1) is 11.3 Å². The van der Waals surface area contributed by atoms with E-state index in [-0.39, 0.29) is 12.1 Å². The molecule has 1 aromatic heterocycles. The predicted molar refractivity (Wildman–Crippen MR) is 70.0 cm³/mol. The van der Waals surface area contributed by atoms with Crippen molar-refractivity contribution in [3.8, 4) is 0 Å². The minimum atomic E-state index is 0.222. The van der Waals surface area contributed by atoms with Crippen LogP contribution in [0.1, 0.15) is 29.6 Å². The van der Waals surface area contributed by atoms with Crippen LogP contribution in [0.4, 0.5) is 0 Å². The maximum absolute atomic E-state index is 5.79. The van der Waals surface area contributed by atoms with Gasteiger partial charge >= 0.3 is 0 Å². The Labute approximate surface area is 102 Å². The fourth-order valence-corrected chi connectivity index (χ4v) is 2.50. The number of hydrogen-bond acceptors (Lipinski definition) is 4. The zero-order valence-electron chi connectivity index (χ0n) is 10.3. The van der Waals surface area contributed by atoms with Crippen molar-refractivity contribution in [2.45, 2.75) is 32.4 Å². The first-order valence-corrected chi connectivity index (χ1v) is 6.57. The van der Waals surface area contributed by atoms with E-state index >= 15 is 0 Å². The van der Waals surface area contributed by atoms with E-state index in [1.807, 2.05) is 18.3 Å². The molecule has 1 aromatic rings. The summed E-state index contributed by atoms with van der Waals surface area (Å²) in [5.41, 5.74) is 5.79. The van der Waals surface area contributed by atoms with Crippen molar-refractivity contribution in [3.63, 3.8) is 0 Å². The molecule has 0 bridgehead atoms. The molecule has 0 amide bonds. The van der Waals surface area contributed by atoms with Gasteiger partial charge in [0.25, 0.3) is 0 Å². The van der Waals surface area contributed by atoms with E-state index in [0.29, 0.717) is 6.54 Å². The molecule has 0 radical (unpaired) electrons. The Kier molecular flexibility index (Phi) is 5.98. The molecule has 0 aliphatic heterocycles. The van der Waals surface area contributed by atoms with Crippen LogP contribution in [0.3, 0.4) is 0 Å². The van der Waals surface area contributed by atoms with Crippen LogP contribution in [0.25, 0.3) is 0 Å². The van der Waals surface area contributed by atoms with E-state index in [1.165, 1.54) is 9.75 Å². The topological polar surface area (TPSA) is 47.3 Å². The summed E-state index contributed by atoms with van der Waals surface area (Å²) in [6.07, 6.45) is 1.32. The highest BCUT2D eigenvalue weighted by Gasteiger charge is 2.12. The van der Waals surface area contributed by atoms with E-state index in [2.05, 4.69) is 24.4 Å². The zero-order chi connectivity index (χ0) is 12.0. The second-order valence-corrected chi connectivity index (χ2v) is 5.10. The Hall–Kier alpha value is -0.420. The first-order chi connectivity index (χ1) is 7.71. The highest BCUT2D eigenvalue weighted by Crippen LogP contribution is 2.23. The van der Waals surface area contributed by atoms with Gasteiger partial charge in [0.05, 0.1) is 12.1 Å². The molecule has 92 valence electrons. The van der Waals surface area contributed by atoms with Crippen LogP contribution < -0.4 is 11.1 Å². The van der Waals surface area contributed by atoms with E-state index in [4.69, 9.17) is 10.5 Å². The van der Waals surface area contributed by atoms with Gasteiger partial charge in [0.1, 0.15) is 0 Å². The lowest BCUT2D eigenvalue weighted by Crippen LogP contribution is -2.33. The third-order valence-electron chi connectivity index (χ3n) is 2.66. The Balaban J connectivity index is 2.53. The summed E-state index contributed by atoms with van der Waals surface area (Å²) in [6.45, 7) is 5.68. The summed E-state index contributed by atoms with van der Waals surface area (Å²) in [7, 11) is 1.73. The molecule has 0 fully saturated rings. The minimum Gasteiger partial charge on any atom is -0.380 e. The Bertz CT molecular complexity index is 301. The molecule has 0 aliphatic rings. The largest absolute Gasteiger partial charge is 0.380 e. The SMILES string of the molecule is CCc1ccc(C(CN)NCC(C)OC)s1. The van der Waals surface area contributed by atoms with Crippen molar-refractivity contribution in [1.29, 1.82) is 0 Å². The Morgan fingerprint density at radius 2 is 2.25 bits per heavy atom. The zero-order valence-corrected chi connectivity index (χ0v) is 11.1. The summed E-state index contributed by atoms with van der Waals surface area (Å²) < 4.78 is 5.21. The van der Waals surface area contributed by atoms with Crippen molar-refractivity contribution >= 4 is 11.3 Å². The number of nitrogens with two attached hydrogens (primary N) is 1. The normalized spacial score (nSPS) is 15.0. The lowest BCUT2D eigenvalue weighted by molar-refractivity contribution is 0.114. The third kappa shape index (κ3) is 3.87. The molecule has 1 heterocycles. The van der Waals surface area contributed by atoms with E-state index in [1.54, 1.807) is 7.11 Å². The van der Waals surface area contributed by atoms with Gasteiger partial charge in [-0.2, -0.15) is 0 Å². The molecule has 0 aliphatic carbocycles. The number of nitrogens with one attached hydrogen (secondary N) is 1. The fraction of sp³-hybridized carbons (Fsp3) is 0.667. The highest BCUT2D eigenvalue weighted by atomic mass is 32.1. The molecule has 0 aromatic carbocycles. The first-order valence-electron chi connectivity index (χ1n) is 5.76. The van der Waals surface area contributed by atoms with Crippen molar-refractivity contribution < 1.29 is 4.74 Å². The van der Waals surface area contributed by atoms with Crippen LogP contribution in [-0.2, 0) is 11.2 Å². The Morgan fingerprint density at radius 1 is 1.50 bits per heavy atom. The summed E-state index contributed by atoms with van der Waals surface area (Å²) in [5, 5.41) is 3.43. The van der Waals surface area contributed by atoms with Gasteiger partial charge in [-0.05, 0) is 25.5 Å². The molecule has 2 unspecified atom stereocenters. The van der Waals surface area contributed by atoms with Crippen LogP contribution in [0.15, 0.2) is 12.1 Å². The first kappa shape index (κ1) is 13.6. The maximum Gasteiger partial charge on any atom is 0.0667 e. The highest BCUT2D eigenvalue weighted by molar-refractivity contribution is 7.12. The molecule has 16 heavy (non-hydrogen) atoms. The summed E-state index contributed by atoms with van der Waals surface area (Å²) in [4.78, 5) is 2.73. The number of rotatable bonds is 7. The average Bonchev–Trinajstić information content (AvgIpc) is 2.78. The summed E-state index contributed by atoms with van der Waals surface area (Å²) >= 11 is 1.84. The summed E-state index contributed by atoms with van der Waals surface area (Å²) in [5.74, 6) is 0. The lowest BCUT2D eigenvalue weighted by atomic mass is 10.2. The molecule has 3 N–H and O–H groups in total. The van der Waals surface area contributed by atoms with Crippen molar-refractivity contribution in [3.05, 3.63) is 21.9 Å². The van der Waals surface area contributed by atoms with Crippen LogP contribution >= 0.6 is 11.3 Å². The average molecular weight is 242 g/mol. The van der Waals surface area contributed by atoms with Crippen LogP contribution in [0, 0.1) is 0 Å². The monoisotopic (exact) mass is 242 g/mol. The molecule has 0 saturated heterocycles. The number of hydrogen-bond donors (Lipinski definition) is 2. The minimum absolute atomic E-state index is 0.222. The van der Waals surface area contributed by atoms with Crippen LogP contribution in [0.2, 0.25) is 0 Å². The van der Waals surface area contributed by atoms with Crippen molar-refractivity contribution in [2.24, 2.45) is 5.73 Å². The van der Waals surface area contributed by atoms with Gasteiger partial charge in [-0.25, -0.2) is 0 Å². The van der Waals surface area contributed by atoms with Crippen molar-refractivity contribution in [1.82, 2.24) is 5.32 Å². The van der Waals surface area contributed by atoms with Crippen molar-refractivity contribution in [2.75, 3.05) is 20.2 Å². The number of aryl methyl sites for hydroxylation is 1. The Morgan fingerprint density at radius 3 is 2.75 bits per heavy atom. The lowest BCUT2D eigenvalue weighted by Gasteiger charge is -2.18. The predicted octanol–water partition coefficient (Wildman–Crippen LogP) is 1.93.